The van der Waals surface area contributed by atoms with Crippen LogP contribution in [0.3, 0.4) is 0 Å². The molecule has 0 saturated carbocycles. The van der Waals surface area contributed by atoms with E-state index in [1.54, 1.807) is 0 Å². The monoisotopic (exact) mass is 370 g/mol. The van der Waals surface area contributed by atoms with E-state index in [0.717, 1.165) is 0 Å². The molecule has 6 heteroatoms. The van der Waals surface area contributed by atoms with Gasteiger partial charge >= 0.3 is 0 Å². The van der Waals surface area contributed by atoms with E-state index in [9.17, 15) is 0 Å². The molecule has 0 amide bonds. The first kappa shape index (κ1) is 11.4. The summed E-state index contributed by atoms with van der Waals surface area (Å²) in [6.07, 6.45) is 0. The van der Waals surface area contributed by atoms with Crippen LogP contribution in [0.1, 0.15) is 0 Å². The molecule has 0 heterocycles. The smallest absolute Gasteiger partial charge is 0.0806 e. The molecular weight excluding hydrogens is 374 g/mol. The molecule has 0 spiro atoms. The van der Waals surface area contributed by atoms with Crippen LogP contribution in [0.25, 0.3) is 0 Å². The van der Waals surface area contributed by atoms with Crippen LogP contribution >= 0.6 is 78.3 Å². The third-order valence-electron chi connectivity index (χ3n) is 1.16. The molecule has 1 aromatic carbocycles. The zero-order chi connectivity index (χ0) is 9.46. The average molecular weight is 374 g/mol. The number of benzene rings is 1. The van der Waals surface area contributed by atoms with Gasteiger partial charge in [0, 0.05) is 0 Å². The summed E-state index contributed by atoms with van der Waals surface area (Å²) < 4.78 is 1.20. The van der Waals surface area contributed by atoms with Crippen LogP contribution in [-0.4, -0.2) is 0 Å². The highest BCUT2D eigenvalue weighted by Crippen LogP contribution is 2.46. The van der Waals surface area contributed by atoms with Gasteiger partial charge in [0.05, 0.1) is 29.0 Å². The first-order valence-electron chi connectivity index (χ1n) is 2.63. The SMILES string of the molecule is Clc1c(Cl)c(Cl)c(Br)c(Br)c1Cl. The molecule has 0 fully saturated rings. The van der Waals surface area contributed by atoms with Crippen molar-refractivity contribution < 1.29 is 0 Å². The van der Waals surface area contributed by atoms with Crippen molar-refractivity contribution in [3.8, 4) is 0 Å². The second-order valence-electron chi connectivity index (χ2n) is 1.88. The Morgan fingerprint density at radius 3 is 1.08 bits per heavy atom. The molecule has 0 radical (unpaired) electrons. The van der Waals surface area contributed by atoms with Gasteiger partial charge in [0.15, 0.2) is 0 Å². The maximum atomic E-state index is 5.81. The lowest BCUT2D eigenvalue weighted by Gasteiger charge is -2.06. The van der Waals surface area contributed by atoms with Crippen LogP contribution in [0.4, 0.5) is 0 Å². The van der Waals surface area contributed by atoms with Crippen LogP contribution in [0.15, 0.2) is 8.95 Å². The maximum Gasteiger partial charge on any atom is 0.0806 e. The molecular formula is C6Br2Cl4. The van der Waals surface area contributed by atoms with Crippen molar-refractivity contribution >= 4 is 78.3 Å². The van der Waals surface area contributed by atoms with Crippen molar-refractivity contribution in [3.05, 3.63) is 29.0 Å². The fourth-order valence-corrected chi connectivity index (χ4v) is 2.68. The Hall–Kier alpha value is 1.34. The Labute approximate surface area is 106 Å². The molecule has 0 unspecified atom stereocenters. The molecule has 1 rings (SSSR count). The number of hydrogen-bond donors (Lipinski definition) is 0. The number of rotatable bonds is 0. The molecule has 1 aromatic rings. The second kappa shape index (κ2) is 4.24. The lowest BCUT2D eigenvalue weighted by Crippen LogP contribution is -1.80. The van der Waals surface area contributed by atoms with Gasteiger partial charge in [-0.3, -0.25) is 0 Å². The molecule has 0 nitrogen and oxygen atoms in total. The molecule has 12 heavy (non-hydrogen) atoms. The Balaban J connectivity index is 3.60. The molecule has 0 bridgehead atoms. The summed E-state index contributed by atoms with van der Waals surface area (Å²) in [6.45, 7) is 0. The van der Waals surface area contributed by atoms with Crippen molar-refractivity contribution in [1.29, 1.82) is 0 Å². The van der Waals surface area contributed by atoms with E-state index in [1.807, 2.05) is 0 Å². The zero-order valence-electron chi connectivity index (χ0n) is 5.27. The maximum absolute atomic E-state index is 5.81. The van der Waals surface area contributed by atoms with Crippen molar-refractivity contribution in [1.82, 2.24) is 0 Å². The van der Waals surface area contributed by atoms with E-state index in [0.29, 0.717) is 19.0 Å². The molecule has 0 aliphatic carbocycles. The molecule has 0 N–H and O–H groups in total. The van der Waals surface area contributed by atoms with Gasteiger partial charge in [-0.15, -0.1) is 0 Å². The van der Waals surface area contributed by atoms with Gasteiger partial charge in [0.1, 0.15) is 0 Å². The van der Waals surface area contributed by atoms with E-state index in [4.69, 9.17) is 46.4 Å². The van der Waals surface area contributed by atoms with Crippen molar-refractivity contribution in [2.24, 2.45) is 0 Å². The molecule has 0 aliphatic heterocycles. The van der Waals surface area contributed by atoms with Crippen LogP contribution < -0.4 is 0 Å². The summed E-state index contributed by atoms with van der Waals surface area (Å²) in [5.74, 6) is 0. The summed E-state index contributed by atoms with van der Waals surface area (Å²) in [5, 5.41) is 1.19. The Kier molecular flexibility index (Phi) is 4.04. The first-order chi connectivity index (χ1) is 5.46. The highest BCUT2D eigenvalue weighted by atomic mass is 79.9. The lowest BCUT2D eigenvalue weighted by molar-refractivity contribution is 1.58. The Morgan fingerprint density at radius 1 is 0.583 bits per heavy atom. The second-order valence-corrected chi connectivity index (χ2v) is 4.98. The number of halogens is 6. The van der Waals surface area contributed by atoms with Crippen LogP contribution in [0.2, 0.25) is 20.1 Å². The van der Waals surface area contributed by atoms with E-state index in [2.05, 4.69) is 31.9 Å². The molecule has 0 saturated heterocycles. The zero-order valence-corrected chi connectivity index (χ0v) is 11.5. The topological polar surface area (TPSA) is 0 Å². The van der Waals surface area contributed by atoms with E-state index < -0.39 is 0 Å². The Morgan fingerprint density at radius 2 is 0.833 bits per heavy atom. The molecule has 66 valence electrons. The molecule has 0 atom stereocenters. The van der Waals surface area contributed by atoms with E-state index in [-0.39, 0.29) is 10.0 Å². The van der Waals surface area contributed by atoms with Crippen molar-refractivity contribution in [3.63, 3.8) is 0 Å². The van der Waals surface area contributed by atoms with Gasteiger partial charge in [0.2, 0.25) is 0 Å². The van der Waals surface area contributed by atoms with E-state index in [1.165, 1.54) is 0 Å². The summed E-state index contributed by atoms with van der Waals surface area (Å²) in [7, 11) is 0. The average Bonchev–Trinajstić information content (AvgIpc) is 2.08. The third-order valence-corrected chi connectivity index (χ3v) is 5.53. The van der Waals surface area contributed by atoms with Crippen molar-refractivity contribution in [2.75, 3.05) is 0 Å². The highest BCUT2D eigenvalue weighted by Gasteiger charge is 2.16. The minimum Gasteiger partial charge on any atom is -0.0814 e. The van der Waals surface area contributed by atoms with Crippen LogP contribution in [0, 0.1) is 0 Å². The van der Waals surface area contributed by atoms with E-state index >= 15 is 0 Å². The van der Waals surface area contributed by atoms with Gasteiger partial charge in [-0.25, -0.2) is 0 Å². The number of hydrogen-bond acceptors (Lipinski definition) is 0. The predicted octanol–water partition coefficient (Wildman–Crippen LogP) is 5.83. The quantitative estimate of drug-likeness (QED) is 0.397. The fourth-order valence-electron chi connectivity index (χ4n) is 0.578. The lowest BCUT2D eigenvalue weighted by atomic mass is 10.3. The van der Waals surface area contributed by atoms with Gasteiger partial charge in [0.25, 0.3) is 0 Å². The molecule has 0 aliphatic rings. The Bertz CT molecular complexity index is 232. The van der Waals surface area contributed by atoms with Crippen molar-refractivity contribution in [2.45, 2.75) is 0 Å². The van der Waals surface area contributed by atoms with Gasteiger partial charge in [-0.05, 0) is 31.9 Å². The molecule has 0 aromatic heterocycles. The third kappa shape index (κ3) is 1.89. The summed E-state index contributed by atoms with van der Waals surface area (Å²) in [5.41, 5.74) is 0. The normalized spacial score (nSPS) is 10.5. The van der Waals surface area contributed by atoms with Gasteiger partial charge in [-0.1, -0.05) is 46.4 Å². The van der Waals surface area contributed by atoms with Gasteiger partial charge < -0.3 is 0 Å². The summed E-state index contributed by atoms with van der Waals surface area (Å²) in [6, 6.07) is 0. The summed E-state index contributed by atoms with van der Waals surface area (Å²) in [4.78, 5) is 0. The first-order valence-corrected chi connectivity index (χ1v) is 5.73. The summed E-state index contributed by atoms with van der Waals surface area (Å²) >= 11 is 29.6. The predicted molar refractivity (Wildman–Crippen MR) is 61.9 cm³/mol. The van der Waals surface area contributed by atoms with Gasteiger partial charge in [-0.2, -0.15) is 0 Å². The van der Waals surface area contributed by atoms with Crippen LogP contribution in [-0.2, 0) is 0 Å². The standard InChI is InChI=1S/C6Br2Cl4/c7-1-2(8)4(10)6(12)5(11)3(1)9. The highest BCUT2D eigenvalue weighted by molar-refractivity contribution is 9.13. The fraction of sp³-hybridized carbons (Fsp3) is 0. The minimum atomic E-state index is 0.249. The largest absolute Gasteiger partial charge is 0.0814 e. The minimum absolute atomic E-state index is 0.249. The van der Waals surface area contributed by atoms with Crippen LogP contribution in [0.5, 0.6) is 0 Å².